The predicted octanol–water partition coefficient (Wildman–Crippen LogP) is 3.47. The number of aromatic nitrogens is 2. The standard InChI is InChI=1S/C20H29N2O2/c1-14(2)16-10-9-15(3)11-19(16)24-20(23)12-22-13-21(4)17-7-5-6-8-18(17)22/h5-8,13-16,19H,9-12H2,1-4H3/q+1/t15-,16+,19-/m0/s1. The van der Waals surface area contributed by atoms with E-state index in [1.165, 1.54) is 6.42 Å². The molecule has 1 fully saturated rings. The van der Waals surface area contributed by atoms with Gasteiger partial charge >= 0.3 is 5.97 Å². The average Bonchev–Trinajstić information content (AvgIpc) is 2.83. The second-order valence-corrected chi connectivity index (χ2v) is 7.70. The van der Waals surface area contributed by atoms with Crippen LogP contribution in [0.3, 0.4) is 0 Å². The SMILES string of the molecule is CC(C)[C@H]1CC[C@H](C)C[C@@H]1OC(=O)Cn1c[n+](C)c2ccccc21. The summed E-state index contributed by atoms with van der Waals surface area (Å²) in [5.41, 5.74) is 2.19. The van der Waals surface area contributed by atoms with Gasteiger partial charge in [-0.1, -0.05) is 39.3 Å². The Morgan fingerprint density at radius 2 is 2.08 bits per heavy atom. The molecular weight excluding hydrogens is 300 g/mol. The fraction of sp³-hybridized carbons (Fsp3) is 0.600. The molecule has 130 valence electrons. The number of ether oxygens (including phenoxy) is 1. The first-order valence-corrected chi connectivity index (χ1v) is 9.08. The highest BCUT2D eigenvalue weighted by Gasteiger charge is 2.33. The molecule has 24 heavy (non-hydrogen) atoms. The highest BCUT2D eigenvalue weighted by molar-refractivity contribution is 5.75. The molecule has 1 aromatic heterocycles. The Morgan fingerprint density at radius 3 is 2.83 bits per heavy atom. The van der Waals surface area contributed by atoms with Gasteiger partial charge in [0.05, 0.1) is 7.05 Å². The van der Waals surface area contributed by atoms with Gasteiger partial charge in [-0.2, -0.15) is 0 Å². The topological polar surface area (TPSA) is 35.1 Å². The molecule has 0 saturated heterocycles. The van der Waals surface area contributed by atoms with E-state index < -0.39 is 0 Å². The smallest absolute Gasteiger partial charge is 0.348 e. The lowest BCUT2D eigenvalue weighted by Gasteiger charge is -2.36. The molecule has 0 unspecified atom stereocenters. The molecular formula is C20H29N2O2+. The third-order valence-corrected chi connectivity index (χ3v) is 5.43. The van der Waals surface area contributed by atoms with Gasteiger partial charge in [-0.05, 0) is 42.7 Å². The molecule has 0 spiro atoms. The zero-order chi connectivity index (χ0) is 17.3. The van der Waals surface area contributed by atoms with Crippen LogP contribution in [0.1, 0.15) is 40.0 Å². The first-order valence-electron chi connectivity index (χ1n) is 9.08. The molecule has 0 aliphatic heterocycles. The normalized spacial score (nSPS) is 24.5. The Kier molecular flexibility index (Phi) is 4.93. The van der Waals surface area contributed by atoms with E-state index in [4.69, 9.17) is 4.74 Å². The van der Waals surface area contributed by atoms with Crippen LogP contribution in [0.25, 0.3) is 11.0 Å². The predicted molar refractivity (Wildman–Crippen MR) is 94.3 cm³/mol. The molecule has 4 heteroatoms. The Morgan fingerprint density at radius 1 is 1.33 bits per heavy atom. The number of carbonyl (C=O) groups is 1. The molecule has 0 N–H and O–H groups in total. The number of hydrogen-bond acceptors (Lipinski definition) is 2. The van der Waals surface area contributed by atoms with Gasteiger partial charge in [0.15, 0.2) is 17.6 Å². The van der Waals surface area contributed by atoms with E-state index in [2.05, 4.69) is 26.8 Å². The lowest BCUT2D eigenvalue weighted by Crippen LogP contribution is -2.36. The first-order chi connectivity index (χ1) is 11.5. The van der Waals surface area contributed by atoms with Gasteiger partial charge in [0.25, 0.3) is 0 Å². The number of aryl methyl sites for hydroxylation is 1. The van der Waals surface area contributed by atoms with Crippen LogP contribution in [0.5, 0.6) is 0 Å². The Hall–Kier alpha value is -1.84. The van der Waals surface area contributed by atoms with Crippen molar-refractivity contribution in [3.63, 3.8) is 0 Å². The minimum absolute atomic E-state index is 0.0665. The molecule has 1 aliphatic carbocycles. The van der Waals surface area contributed by atoms with Gasteiger partial charge in [0.1, 0.15) is 6.10 Å². The van der Waals surface area contributed by atoms with Crippen molar-refractivity contribution in [3.05, 3.63) is 30.6 Å². The molecule has 1 aromatic carbocycles. The van der Waals surface area contributed by atoms with Crippen LogP contribution in [0.4, 0.5) is 0 Å². The van der Waals surface area contributed by atoms with Gasteiger partial charge in [0, 0.05) is 0 Å². The minimum atomic E-state index is -0.124. The van der Waals surface area contributed by atoms with Crippen molar-refractivity contribution in [2.45, 2.75) is 52.7 Å². The van der Waals surface area contributed by atoms with Gasteiger partial charge in [-0.25, -0.2) is 13.9 Å². The van der Waals surface area contributed by atoms with Crippen LogP contribution in [-0.4, -0.2) is 16.6 Å². The molecule has 1 heterocycles. The number of nitrogens with zero attached hydrogens (tertiary/aromatic N) is 2. The number of imidazole rings is 1. The first kappa shape index (κ1) is 17.0. The van der Waals surface area contributed by atoms with Gasteiger partial charge in [-0.3, -0.25) is 0 Å². The van der Waals surface area contributed by atoms with Crippen molar-refractivity contribution < 1.29 is 14.1 Å². The summed E-state index contributed by atoms with van der Waals surface area (Å²) in [4.78, 5) is 12.6. The van der Waals surface area contributed by atoms with Crippen LogP contribution in [-0.2, 0) is 23.1 Å². The molecule has 0 radical (unpaired) electrons. The van der Waals surface area contributed by atoms with Crippen LogP contribution in [0.2, 0.25) is 0 Å². The molecule has 4 nitrogen and oxygen atoms in total. The number of para-hydroxylation sites is 2. The molecule has 1 aliphatic rings. The maximum atomic E-state index is 12.6. The molecule has 1 saturated carbocycles. The highest BCUT2D eigenvalue weighted by atomic mass is 16.5. The van der Waals surface area contributed by atoms with Crippen molar-refractivity contribution in [3.8, 4) is 0 Å². The second-order valence-electron chi connectivity index (χ2n) is 7.70. The van der Waals surface area contributed by atoms with Crippen molar-refractivity contribution in [2.75, 3.05) is 0 Å². The van der Waals surface area contributed by atoms with Crippen molar-refractivity contribution >= 4 is 17.0 Å². The van der Waals surface area contributed by atoms with E-state index in [1.54, 1.807) is 0 Å². The van der Waals surface area contributed by atoms with Crippen LogP contribution < -0.4 is 4.57 Å². The van der Waals surface area contributed by atoms with Crippen LogP contribution in [0.15, 0.2) is 30.6 Å². The molecule has 2 aromatic rings. The van der Waals surface area contributed by atoms with E-state index in [-0.39, 0.29) is 18.6 Å². The Balaban J connectivity index is 1.72. The monoisotopic (exact) mass is 329 g/mol. The summed E-state index contributed by atoms with van der Waals surface area (Å²) in [6, 6.07) is 8.13. The molecule has 3 atom stereocenters. The fourth-order valence-electron chi connectivity index (χ4n) is 4.06. The maximum absolute atomic E-state index is 12.6. The lowest BCUT2D eigenvalue weighted by molar-refractivity contribution is -0.645. The van der Waals surface area contributed by atoms with Gasteiger partial charge in [-0.15, -0.1) is 0 Å². The number of benzene rings is 1. The summed E-state index contributed by atoms with van der Waals surface area (Å²) >= 11 is 0. The Labute approximate surface area is 144 Å². The summed E-state index contributed by atoms with van der Waals surface area (Å²) in [5, 5.41) is 0. The van der Waals surface area contributed by atoms with Crippen molar-refractivity contribution in [2.24, 2.45) is 24.8 Å². The summed E-state index contributed by atoms with van der Waals surface area (Å²) in [6.07, 6.45) is 5.44. The Bertz CT molecular complexity index is 719. The lowest BCUT2D eigenvalue weighted by atomic mass is 9.75. The quantitative estimate of drug-likeness (QED) is 0.636. The molecule has 0 bridgehead atoms. The molecule has 3 rings (SSSR count). The number of hydrogen-bond donors (Lipinski definition) is 0. The molecule has 0 amide bonds. The second kappa shape index (κ2) is 6.96. The van der Waals surface area contributed by atoms with E-state index in [1.807, 2.05) is 40.7 Å². The van der Waals surface area contributed by atoms with Gasteiger partial charge in [0.2, 0.25) is 6.33 Å². The number of rotatable bonds is 4. The largest absolute Gasteiger partial charge is 0.459 e. The fourth-order valence-corrected chi connectivity index (χ4v) is 4.06. The zero-order valence-corrected chi connectivity index (χ0v) is 15.2. The van der Waals surface area contributed by atoms with Crippen LogP contribution >= 0.6 is 0 Å². The maximum Gasteiger partial charge on any atom is 0.348 e. The third kappa shape index (κ3) is 3.47. The van der Waals surface area contributed by atoms with E-state index in [9.17, 15) is 4.79 Å². The number of carbonyl (C=O) groups excluding carboxylic acids is 1. The minimum Gasteiger partial charge on any atom is -0.459 e. The zero-order valence-electron chi connectivity index (χ0n) is 15.2. The van der Waals surface area contributed by atoms with Gasteiger partial charge < -0.3 is 4.74 Å². The highest BCUT2D eigenvalue weighted by Crippen LogP contribution is 2.35. The van der Waals surface area contributed by atoms with E-state index in [0.29, 0.717) is 17.8 Å². The summed E-state index contributed by atoms with van der Waals surface area (Å²) < 4.78 is 9.95. The van der Waals surface area contributed by atoms with Crippen LogP contribution in [0, 0.1) is 17.8 Å². The van der Waals surface area contributed by atoms with Crippen molar-refractivity contribution in [1.82, 2.24) is 4.57 Å². The van der Waals surface area contributed by atoms with Crippen molar-refractivity contribution in [1.29, 1.82) is 0 Å². The number of fused-ring (bicyclic) bond motifs is 1. The van der Waals surface area contributed by atoms with E-state index in [0.717, 1.165) is 23.9 Å². The summed E-state index contributed by atoms with van der Waals surface area (Å²) in [7, 11) is 2.00. The summed E-state index contributed by atoms with van der Waals surface area (Å²) in [6.45, 7) is 7.01. The summed E-state index contributed by atoms with van der Waals surface area (Å²) in [5.74, 6) is 1.56. The third-order valence-electron chi connectivity index (χ3n) is 5.43. The average molecular weight is 329 g/mol. The van der Waals surface area contributed by atoms with E-state index >= 15 is 0 Å². The number of esters is 1.